The van der Waals surface area contributed by atoms with Crippen LogP contribution in [0.4, 0.5) is 0 Å². The Morgan fingerprint density at radius 1 is 0.893 bits per heavy atom. The van der Waals surface area contributed by atoms with Crippen molar-refractivity contribution in [2.75, 3.05) is 7.11 Å². The molecule has 0 amide bonds. The van der Waals surface area contributed by atoms with Crippen LogP contribution in [-0.2, 0) is 0 Å². The third kappa shape index (κ3) is 2.31. The number of aryl methyl sites for hydroxylation is 1. The van der Waals surface area contributed by atoms with E-state index in [0.717, 1.165) is 44.9 Å². The van der Waals surface area contributed by atoms with Gasteiger partial charge >= 0.3 is 0 Å². The Bertz CT molecular complexity index is 1320. The highest BCUT2D eigenvalue weighted by Crippen LogP contribution is 2.32. The molecule has 0 unspecified atom stereocenters. The highest BCUT2D eigenvalue weighted by Gasteiger charge is 2.20. The minimum Gasteiger partial charge on any atom is -0.496 e. The van der Waals surface area contributed by atoms with Gasteiger partial charge in [0.25, 0.3) is 0 Å². The van der Waals surface area contributed by atoms with Crippen LogP contribution < -0.4 is 4.74 Å². The minimum atomic E-state index is 0.622. The number of hydrogen-bond donors (Lipinski definition) is 0. The topological polar surface area (TPSA) is 57.2 Å². The van der Waals surface area contributed by atoms with Gasteiger partial charge in [0.15, 0.2) is 17.1 Å². The number of para-hydroxylation sites is 2. The van der Waals surface area contributed by atoms with Crippen molar-refractivity contribution in [2.24, 2.45) is 0 Å². The van der Waals surface area contributed by atoms with Crippen LogP contribution in [-0.4, -0.2) is 31.3 Å². The van der Waals surface area contributed by atoms with E-state index in [1.807, 2.05) is 42.5 Å². The van der Waals surface area contributed by atoms with E-state index in [-0.39, 0.29) is 0 Å². The Morgan fingerprint density at radius 3 is 2.43 bits per heavy atom. The first-order valence-electron chi connectivity index (χ1n) is 9.11. The second-order valence-electron chi connectivity index (χ2n) is 6.73. The molecule has 3 aromatic heterocycles. The Balaban J connectivity index is 1.81. The number of benzene rings is 2. The second kappa shape index (κ2) is 6.20. The second-order valence-corrected chi connectivity index (χ2v) is 6.73. The van der Waals surface area contributed by atoms with Crippen LogP contribution in [0, 0.1) is 13.8 Å². The van der Waals surface area contributed by atoms with Gasteiger partial charge in [-0.15, -0.1) is 5.10 Å². The monoisotopic (exact) mass is 369 g/mol. The first-order valence-corrected chi connectivity index (χ1v) is 9.11. The fourth-order valence-electron chi connectivity index (χ4n) is 3.70. The summed E-state index contributed by atoms with van der Waals surface area (Å²) in [5, 5.41) is 5.66. The molecule has 0 atom stereocenters. The largest absolute Gasteiger partial charge is 0.496 e. The molecule has 0 aliphatic heterocycles. The molecule has 6 nitrogen and oxygen atoms in total. The molecule has 0 bridgehead atoms. The van der Waals surface area contributed by atoms with E-state index in [9.17, 15) is 0 Å². The lowest BCUT2D eigenvalue weighted by Gasteiger charge is -2.07. The zero-order valence-electron chi connectivity index (χ0n) is 15.9. The average molecular weight is 369 g/mol. The van der Waals surface area contributed by atoms with Gasteiger partial charge in [0.2, 0.25) is 0 Å². The smallest absolute Gasteiger partial charge is 0.185 e. The van der Waals surface area contributed by atoms with Crippen molar-refractivity contribution in [3.05, 3.63) is 72.2 Å². The molecule has 2 aromatic carbocycles. The van der Waals surface area contributed by atoms with Crippen LogP contribution in [0.25, 0.3) is 33.8 Å². The van der Waals surface area contributed by atoms with Gasteiger partial charge in [0.1, 0.15) is 12.1 Å². The molecule has 5 rings (SSSR count). The molecular weight excluding hydrogens is 350 g/mol. The predicted octanol–water partition coefficient (Wildman–Crippen LogP) is 4.36. The molecule has 0 spiro atoms. The summed E-state index contributed by atoms with van der Waals surface area (Å²) in [6.07, 6.45) is 1.72. The zero-order valence-corrected chi connectivity index (χ0v) is 15.9. The lowest BCUT2D eigenvalue weighted by molar-refractivity contribution is 0.416. The molecule has 138 valence electrons. The maximum absolute atomic E-state index is 5.48. The Hall–Kier alpha value is -3.67. The predicted molar refractivity (Wildman–Crippen MR) is 109 cm³/mol. The summed E-state index contributed by atoms with van der Waals surface area (Å²) >= 11 is 0. The summed E-state index contributed by atoms with van der Waals surface area (Å²) in [5.74, 6) is 1.37. The summed E-state index contributed by atoms with van der Waals surface area (Å²) < 4.78 is 9.39. The molecule has 0 aliphatic rings. The number of fused-ring (bicyclic) bond motifs is 3. The molecule has 0 N–H and O–H groups in total. The van der Waals surface area contributed by atoms with Gasteiger partial charge in [-0.1, -0.05) is 30.3 Å². The van der Waals surface area contributed by atoms with Crippen LogP contribution in [0.1, 0.15) is 11.3 Å². The SMILES string of the molecule is COc1ccccc1-c1nc2c3c(C)c(C)n(-c4ccccc4)c3ncn2n1. The summed E-state index contributed by atoms with van der Waals surface area (Å²) in [7, 11) is 1.65. The molecule has 0 saturated carbocycles. The van der Waals surface area contributed by atoms with E-state index in [4.69, 9.17) is 14.7 Å². The van der Waals surface area contributed by atoms with Gasteiger partial charge in [-0.25, -0.2) is 14.5 Å². The molecule has 5 aromatic rings. The molecule has 28 heavy (non-hydrogen) atoms. The number of methoxy groups -OCH3 is 1. The van der Waals surface area contributed by atoms with Gasteiger partial charge in [0.05, 0.1) is 18.1 Å². The fourth-order valence-corrected chi connectivity index (χ4v) is 3.70. The number of aromatic nitrogens is 5. The average Bonchev–Trinajstić information content (AvgIpc) is 3.28. The molecule has 0 fully saturated rings. The summed E-state index contributed by atoms with van der Waals surface area (Å²) in [6, 6.07) is 18.0. The van der Waals surface area contributed by atoms with E-state index in [2.05, 4.69) is 35.6 Å². The highest BCUT2D eigenvalue weighted by molar-refractivity contribution is 5.95. The Labute approximate surface area is 162 Å². The van der Waals surface area contributed by atoms with E-state index in [1.54, 1.807) is 18.0 Å². The first kappa shape index (κ1) is 16.5. The van der Waals surface area contributed by atoms with Crippen molar-refractivity contribution in [3.8, 4) is 22.8 Å². The van der Waals surface area contributed by atoms with Gasteiger partial charge in [-0.3, -0.25) is 4.57 Å². The van der Waals surface area contributed by atoms with Crippen LogP contribution in [0.2, 0.25) is 0 Å². The molecule has 0 aliphatic carbocycles. The van der Waals surface area contributed by atoms with Crippen LogP contribution in [0.15, 0.2) is 60.9 Å². The summed E-state index contributed by atoms with van der Waals surface area (Å²) in [6.45, 7) is 4.22. The van der Waals surface area contributed by atoms with Crippen LogP contribution in [0.3, 0.4) is 0 Å². The normalized spacial score (nSPS) is 11.4. The van der Waals surface area contributed by atoms with Crippen LogP contribution in [0.5, 0.6) is 5.75 Å². The Kier molecular flexibility index (Phi) is 3.65. The number of rotatable bonds is 3. The highest BCUT2D eigenvalue weighted by atomic mass is 16.5. The Morgan fingerprint density at radius 2 is 1.64 bits per heavy atom. The van der Waals surface area contributed by atoms with Gasteiger partial charge in [0, 0.05) is 11.4 Å². The van der Waals surface area contributed by atoms with Crippen molar-refractivity contribution in [3.63, 3.8) is 0 Å². The lowest BCUT2D eigenvalue weighted by Crippen LogP contribution is -1.98. The van der Waals surface area contributed by atoms with Crippen LogP contribution >= 0.6 is 0 Å². The minimum absolute atomic E-state index is 0.622. The van der Waals surface area contributed by atoms with Gasteiger partial charge in [-0.05, 0) is 43.7 Å². The van der Waals surface area contributed by atoms with E-state index >= 15 is 0 Å². The standard InChI is InChI=1S/C22H19N5O/c1-14-15(2)27(16-9-5-4-6-10-16)21-19(14)22-24-20(25-26(22)13-23-21)17-11-7-8-12-18(17)28-3/h4-13H,1-3H3. The molecular formula is C22H19N5O. The van der Waals surface area contributed by atoms with Crippen molar-refractivity contribution in [1.82, 2.24) is 24.1 Å². The number of nitrogens with zero attached hydrogens (tertiary/aromatic N) is 5. The van der Waals surface area contributed by atoms with Crippen molar-refractivity contribution < 1.29 is 4.74 Å². The van der Waals surface area contributed by atoms with Gasteiger partial charge < -0.3 is 4.74 Å². The van der Waals surface area contributed by atoms with E-state index < -0.39 is 0 Å². The molecule has 6 heteroatoms. The van der Waals surface area contributed by atoms with Gasteiger partial charge in [-0.2, -0.15) is 0 Å². The fraction of sp³-hybridized carbons (Fsp3) is 0.136. The number of hydrogen-bond acceptors (Lipinski definition) is 4. The van der Waals surface area contributed by atoms with E-state index in [0.29, 0.717) is 5.82 Å². The van der Waals surface area contributed by atoms with Crippen molar-refractivity contribution in [1.29, 1.82) is 0 Å². The quantitative estimate of drug-likeness (QED) is 0.474. The lowest BCUT2D eigenvalue weighted by atomic mass is 10.2. The first-order chi connectivity index (χ1) is 13.7. The van der Waals surface area contributed by atoms with Crippen molar-refractivity contribution >= 4 is 16.7 Å². The van der Waals surface area contributed by atoms with Crippen molar-refractivity contribution in [2.45, 2.75) is 13.8 Å². The third-order valence-corrected chi connectivity index (χ3v) is 5.20. The third-order valence-electron chi connectivity index (χ3n) is 5.20. The summed E-state index contributed by atoms with van der Waals surface area (Å²) in [5.41, 5.74) is 5.91. The molecule has 0 radical (unpaired) electrons. The maximum atomic E-state index is 5.48. The molecule has 3 heterocycles. The summed E-state index contributed by atoms with van der Waals surface area (Å²) in [4.78, 5) is 9.56. The maximum Gasteiger partial charge on any atom is 0.185 e. The molecule has 0 saturated heterocycles. The number of ether oxygens (including phenoxy) is 1. The zero-order chi connectivity index (χ0) is 19.3. The van der Waals surface area contributed by atoms with E-state index in [1.165, 1.54) is 0 Å².